The summed E-state index contributed by atoms with van der Waals surface area (Å²) in [6.45, 7) is 1.98. The fourth-order valence-corrected chi connectivity index (χ4v) is 1.88. The van der Waals surface area contributed by atoms with Crippen LogP contribution in [0.4, 0.5) is 0 Å². The molecule has 4 heteroatoms. The van der Waals surface area contributed by atoms with Gasteiger partial charge in [0, 0.05) is 13.1 Å². The summed E-state index contributed by atoms with van der Waals surface area (Å²) < 4.78 is 0. The first-order chi connectivity index (χ1) is 6.66. The highest BCUT2D eigenvalue weighted by molar-refractivity contribution is 6.58. The Bertz CT molecular complexity index is 341. The highest BCUT2D eigenvalue weighted by atomic mass is 16.4. The van der Waals surface area contributed by atoms with Crippen molar-refractivity contribution in [2.24, 2.45) is 0 Å². The van der Waals surface area contributed by atoms with Crippen LogP contribution in [-0.2, 0) is 13.0 Å². The third kappa shape index (κ3) is 1.82. The van der Waals surface area contributed by atoms with Crippen molar-refractivity contribution in [1.29, 1.82) is 0 Å². The Morgan fingerprint density at radius 2 is 2.07 bits per heavy atom. The van der Waals surface area contributed by atoms with Crippen molar-refractivity contribution < 1.29 is 10.0 Å². The summed E-state index contributed by atoms with van der Waals surface area (Å²) in [5, 5.41) is 18.1. The fraction of sp³-hybridized carbons (Fsp3) is 0.400. The molecule has 0 saturated heterocycles. The van der Waals surface area contributed by atoms with Gasteiger partial charge in [0.1, 0.15) is 0 Å². The second-order valence-corrected chi connectivity index (χ2v) is 3.89. The van der Waals surface area contributed by atoms with Gasteiger partial charge in [-0.05, 0) is 30.1 Å². The summed E-state index contributed by atoms with van der Waals surface area (Å²) >= 11 is 0. The molecule has 0 unspecified atom stereocenters. The molecule has 0 radical (unpaired) electrons. The Morgan fingerprint density at radius 1 is 1.29 bits per heavy atom. The van der Waals surface area contributed by atoms with Crippen LogP contribution in [0.3, 0.4) is 0 Å². The minimum absolute atomic E-state index is 0.582. The molecule has 2 N–H and O–H groups in total. The Labute approximate surface area is 84.1 Å². The summed E-state index contributed by atoms with van der Waals surface area (Å²) in [4.78, 5) is 2.23. The maximum absolute atomic E-state index is 9.03. The zero-order valence-corrected chi connectivity index (χ0v) is 8.27. The van der Waals surface area contributed by atoms with Gasteiger partial charge >= 0.3 is 7.12 Å². The average Bonchev–Trinajstić information content (AvgIpc) is 2.16. The number of rotatable bonds is 1. The van der Waals surface area contributed by atoms with Crippen LogP contribution >= 0.6 is 0 Å². The van der Waals surface area contributed by atoms with Crippen LogP contribution in [0.25, 0.3) is 0 Å². The van der Waals surface area contributed by atoms with Crippen molar-refractivity contribution in [2.75, 3.05) is 13.6 Å². The van der Waals surface area contributed by atoms with Crippen LogP contribution in [0, 0.1) is 0 Å². The first-order valence-electron chi connectivity index (χ1n) is 4.83. The maximum Gasteiger partial charge on any atom is 0.488 e. The lowest BCUT2D eigenvalue weighted by Gasteiger charge is -2.25. The number of fused-ring (bicyclic) bond motifs is 1. The monoisotopic (exact) mass is 191 g/mol. The van der Waals surface area contributed by atoms with Crippen LogP contribution in [0.15, 0.2) is 18.2 Å². The standard InChI is InChI=1S/C10H14BNO2/c1-12-5-4-8-2-3-10(11(13)14)6-9(8)7-12/h2-3,6,13-14H,4-5,7H2,1H3. The lowest BCUT2D eigenvalue weighted by molar-refractivity contribution is 0.313. The van der Waals surface area contributed by atoms with E-state index in [1.54, 1.807) is 6.07 Å². The Hall–Kier alpha value is -0.835. The molecule has 1 aromatic rings. The number of nitrogens with zero attached hydrogens (tertiary/aromatic N) is 1. The molecule has 0 spiro atoms. The van der Waals surface area contributed by atoms with Crippen molar-refractivity contribution in [1.82, 2.24) is 4.90 Å². The molecular formula is C10H14BNO2. The minimum atomic E-state index is -1.35. The number of likely N-dealkylation sites (N-methyl/N-ethyl adjacent to an activating group) is 1. The molecule has 1 aromatic carbocycles. The van der Waals surface area contributed by atoms with E-state index in [1.807, 2.05) is 12.1 Å². The summed E-state index contributed by atoms with van der Waals surface area (Å²) in [5.74, 6) is 0. The third-order valence-corrected chi connectivity index (χ3v) is 2.73. The molecule has 3 nitrogen and oxygen atoms in total. The molecule has 0 bridgehead atoms. The molecule has 2 rings (SSSR count). The third-order valence-electron chi connectivity index (χ3n) is 2.73. The zero-order valence-electron chi connectivity index (χ0n) is 8.27. The van der Waals surface area contributed by atoms with Crippen molar-refractivity contribution in [3.8, 4) is 0 Å². The van der Waals surface area contributed by atoms with E-state index in [2.05, 4.69) is 11.9 Å². The molecule has 0 aromatic heterocycles. The van der Waals surface area contributed by atoms with Gasteiger partial charge in [-0.3, -0.25) is 0 Å². The van der Waals surface area contributed by atoms with Crippen LogP contribution in [0.5, 0.6) is 0 Å². The molecule has 0 amide bonds. The van der Waals surface area contributed by atoms with Gasteiger partial charge in [0.15, 0.2) is 0 Å². The molecule has 0 fully saturated rings. The first-order valence-corrected chi connectivity index (χ1v) is 4.83. The van der Waals surface area contributed by atoms with Gasteiger partial charge < -0.3 is 14.9 Å². The smallest absolute Gasteiger partial charge is 0.423 e. The molecule has 1 aliphatic rings. The van der Waals surface area contributed by atoms with Crippen LogP contribution in [0.1, 0.15) is 11.1 Å². The molecule has 1 heterocycles. The van der Waals surface area contributed by atoms with Crippen molar-refractivity contribution in [2.45, 2.75) is 13.0 Å². The molecule has 0 saturated carbocycles. The predicted octanol–water partition coefficient (Wildman–Crippen LogP) is -0.646. The second kappa shape index (κ2) is 3.73. The lowest BCUT2D eigenvalue weighted by Crippen LogP contribution is -2.33. The van der Waals surface area contributed by atoms with Crippen molar-refractivity contribution >= 4 is 12.6 Å². The molecule has 0 atom stereocenters. The largest absolute Gasteiger partial charge is 0.488 e. The van der Waals surface area contributed by atoms with E-state index in [0.29, 0.717) is 5.46 Å². The highest BCUT2D eigenvalue weighted by Gasteiger charge is 2.17. The Balaban J connectivity index is 2.33. The van der Waals surface area contributed by atoms with E-state index in [-0.39, 0.29) is 0 Å². The van der Waals surface area contributed by atoms with Gasteiger partial charge in [-0.1, -0.05) is 18.2 Å². The van der Waals surface area contributed by atoms with Crippen molar-refractivity contribution in [3.63, 3.8) is 0 Å². The second-order valence-electron chi connectivity index (χ2n) is 3.89. The Kier molecular flexibility index (Phi) is 2.59. The van der Waals surface area contributed by atoms with Crippen LogP contribution in [-0.4, -0.2) is 35.7 Å². The molecular weight excluding hydrogens is 177 g/mol. The van der Waals surface area contributed by atoms with E-state index in [0.717, 1.165) is 19.5 Å². The first kappa shape index (κ1) is 9.71. The minimum Gasteiger partial charge on any atom is -0.423 e. The molecule has 0 aliphatic carbocycles. The normalized spacial score (nSPS) is 16.5. The zero-order chi connectivity index (χ0) is 10.1. The van der Waals surface area contributed by atoms with Gasteiger partial charge in [0.25, 0.3) is 0 Å². The predicted molar refractivity (Wildman–Crippen MR) is 56.3 cm³/mol. The van der Waals surface area contributed by atoms with Crippen molar-refractivity contribution in [3.05, 3.63) is 29.3 Å². The maximum atomic E-state index is 9.03. The van der Waals surface area contributed by atoms with Crippen LogP contribution in [0.2, 0.25) is 0 Å². The fourth-order valence-electron chi connectivity index (χ4n) is 1.88. The SMILES string of the molecule is CN1CCc2ccc(B(O)O)cc2C1. The highest BCUT2D eigenvalue weighted by Crippen LogP contribution is 2.16. The molecule has 74 valence electrons. The average molecular weight is 191 g/mol. The van der Waals surface area contributed by atoms with Gasteiger partial charge in [-0.15, -0.1) is 0 Å². The topological polar surface area (TPSA) is 43.7 Å². The number of benzene rings is 1. The van der Waals surface area contributed by atoms with Gasteiger partial charge in [-0.25, -0.2) is 0 Å². The lowest BCUT2D eigenvalue weighted by atomic mass is 9.78. The number of hydrogen-bond acceptors (Lipinski definition) is 3. The van der Waals surface area contributed by atoms with Gasteiger partial charge in [0.05, 0.1) is 0 Å². The summed E-state index contributed by atoms with van der Waals surface area (Å²) in [6, 6.07) is 5.67. The number of hydrogen-bond donors (Lipinski definition) is 2. The van der Waals surface area contributed by atoms with E-state index >= 15 is 0 Å². The van der Waals surface area contributed by atoms with Gasteiger partial charge in [-0.2, -0.15) is 0 Å². The van der Waals surface area contributed by atoms with Gasteiger partial charge in [0.2, 0.25) is 0 Å². The molecule has 1 aliphatic heterocycles. The van der Waals surface area contributed by atoms with E-state index in [9.17, 15) is 0 Å². The quantitative estimate of drug-likeness (QED) is 0.580. The molecule has 14 heavy (non-hydrogen) atoms. The summed E-state index contributed by atoms with van der Waals surface area (Å²) in [6.07, 6.45) is 1.05. The summed E-state index contributed by atoms with van der Waals surface area (Å²) in [5.41, 5.74) is 3.12. The van der Waals surface area contributed by atoms with E-state index in [4.69, 9.17) is 10.0 Å². The van der Waals surface area contributed by atoms with E-state index in [1.165, 1.54) is 11.1 Å². The van der Waals surface area contributed by atoms with E-state index < -0.39 is 7.12 Å². The van der Waals surface area contributed by atoms with Crippen LogP contribution < -0.4 is 5.46 Å². The summed E-state index contributed by atoms with van der Waals surface area (Å²) in [7, 11) is 0.720. The Morgan fingerprint density at radius 3 is 2.79 bits per heavy atom.